The molecule has 1 fully saturated rings. The van der Waals surface area contributed by atoms with Gasteiger partial charge in [0.1, 0.15) is 0 Å². The van der Waals surface area contributed by atoms with Crippen LogP contribution in [0, 0.1) is 5.92 Å². The molecule has 3 aromatic rings. The van der Waals surface area contributed by atoms with Crippen molar-refractivity contribution in [3.8, 4) is 0 Å². The number of nitrogens with zero attached hydrogens (tertiary/aromatic N) is 2. The fraction of sp³-hybridized carbons (Fsp3) is 0.292. The van der Waals surface area contributed by atoms with Crippen LogP contribution >= 0.6 is 11.6 Å². The number of benzene rings is 2. The van der Waals surface area contributed by atoms with Crippen LogP contribution in [0.25, 0.3) is 10.9 Å². The van der Waals surface area contributed by atoms with E-state index >= 15 is 0 Å². The van der Waals surface area contributed by atoms with Gasteiger partial charge in [0.15, 0.2) is 5.78 Å². The third-order valence-corrected chi connectivity index (χ3v) is 5.85. The number of carbonyl (C=O) groups is 1. The molecular weight excluding hydrogens is 368 g/mol. The summed E-state index contributed by atoms with van der Waals surface area (Å²) in [5.41, 5.74) is 3.09. The van der Waals surface area contributed by atoms with Gasteiger partial charge in [-0.2, -0.15) is 0 Å². The zero-order chi connectivity index (χ0) is 19.5. The summed E-state index contributed by atoms with van der Waals surface area (Å²) in [4.78, 5) is 15.3. The van der Waals surface area contributed by atoms with Crippen LogP contribution in [-0.4, -0.2) is 28.3 Å². The molecule has 0 saturated carbocycles. The van der Waals surface area contributed by atoms with E-state index in [0.29, 0.717) is 10.9 Å². The van der Waals surface area contributed by atoms with Crippen LogP contribution < -0.4 is 0 Å². The average molecular weight is 393 g/mol. The Morgan fingerprint density at radius 2 is 1.89 bits per heavy atom. The summed E-state index contributed by atoms with van der Waals surface area (Å²) in [5.74, 6) is 0.542. The SMILES string of the molecule is Cn1cc(C(=O)/C=C/C2CCN(Cc3ccccc3)CC2)c2ccc(Cl)cc21. The molecule has 2 aromatic carbocycles. The van der Waals surface area contributed by atoms with Crippen LogP contribution in [0.15, 0.2) is 66.9 Å². The first-order chi connectivity index (χ1) is 13.6. The number of hydrogen-bond donors (Lipinski definition) is 0. The minimum absolute atomic E-state index is 0.0691. The molecule has 0 N–H and O–H groups in total. The average Bonchev–Trinajstić information content (AvgIpc) is 3.04. The Morgan fingerprint density at radius 1 is 1.14 bits per heavy atom. The van der Waals surface area contributed by atoms with E-state index in [9.17, 15) is 4.79 Å². The van der Waals surface area contributed by atoms with Crippen LogP contribution in [0.1, 0.15) is 28.8 Å². The van der Waals surface area contributed by atoms with Crippen molar-refractivity contribution >= 4 is 28.3 Å². The maximum atomic E-state index is 12.8. The minimum Gasteiger partial charge on any atom is -0.350 e. The molecule has 0 radical (unpaired) electrons. The topological polar surface area (TPSA) is 25.2 Å². The van der Waals surface area contributed by atoms with Gasteiger partial charge in [-0.3, -0.25) is 9.69 Å². The zero-order valence-corrected chi connectivity index (χ0v) is 16.9. The van der Waals surface area contributed by atoms with E-state index in [1.165, 1.54) is 5.56 Å². The summed E-state index contributed by atoms with van der Waals surface area (Å²) in [6.07, 6.45) is 7.97. The normalized spacial score (nSPS) is 16.2. The number of ketones is 1. The van der Waals surface area contributed by atoms with E-state index in [2.05, 4.69) is 41.3 Å². The highest BCUT2D eigenvalue weighted by Gasteiger charge is 2.18. The van der Waals surface area contributed by atoms with Gasteiger partial charge in [-0.1, -0.05) is 54.1 Å². The molecule has 0 unspecified atom stereocenters. The summed E-state index contributed by atoms with van der Waals surface area (Å²) in [7, 11) is 1.95. The molecule has 1 aliphatic rings. The molecule has 1 aliphatic heterocycles. The van der Waals surface area contributed by atoms with E-state index in [0.717, 1.165) is 48.9 Å². The first-order valence-corrected chi connectivity index (χ1v) is 10.2. The number of aryl methyl sites for hydroxylation is 1. The first kappa shape index (κ1) is 19.0. The molecule has 3 nitrogen and oxygen atoms in total. The number of allylic oxidation sites excluding steroid dienone is 2. The van der Waals surface area contributed by atoms with Gasteiger partial charge in [0.05, 0.1) is 0 Å². The number of aromatic nitrogens is 1. The van der Waals surface area contributed by atoms with Crippen molar-refractivity contribution in [2.75, 3.05) is 13.1 Å². The molecule has 0 spiro atoms. The number of rotatable bonds is 5. The van der Waals surface area contributed by atoms with Crippen molar-refractivity contribution < 1.29 is 4.79 Å². The standard InChI is InChI=1S/C24H25ClN2O/c1-26-17-22(21-9-8-20(25)15-23(21)26)24(28)10-7-18-11-13-27(14-12-18)16-19-5-3-2-4-6-19/h2-10,15,17-18H,11-14,16H2,1H3/b10-7+. The predicted octanol–water partition coefficient (Wildman–Crippen LogP) is 5.48. The zero-order valence-electron chi connectivity index (χ0n) is 16.1. The number of halogens is 1. The number of fused-ring (bicyclic) bond motifs is 1. The predicted molar refractivity (Wildman–Crippen MR) is 116 cm³/mol. The summed E-state index contributed by atoms with van der Waals surface area (Å²) in [6.45, 7) is 3.16. The number of hydrogen-bond acceptors (Lipinski definition) is 2. The molecule has 0 amide bonds. The summed E-state index contributed by atoms with van der Waals surface area (Å²) < 4.78 is 1.96. The highest BCUT2D eigenvalue weighted by molar-refractivity contribution is 6.31. The highest BCUT2D eigenvalue weighted by atomic mass is 35.5. The van der Waals surface area contributed by atoms with E-state index < -0.39 is 0 Å². The maximum Gasteiger partial charge on any atom is 0.187 e. The van der Waals surface area contributed by atoms with Gasteiger partial charge in [0.25, 0.3) is 0 Å². The van der Waals surface area contributed by atoms with Gasteiger partial charge < -0.3 is 4.57 Å². The fourth-order valence-corrected chi connectivity index (χ4v) is 4.18. The van der Waals surface area contributed by atoms with Crippen LogP contribution in [-0.2, 0) is 13.6 Å². The maximum absolute atomic E-state index is 12.8. The Hall–Kier alpha value is -2.36. The Kier molecular flexibility index (Phi) is 5.65. The van der Waals surface area contributed by atoms with Gasteiger partial charge in [-0.15, -0.1) is 0 Å². The fourth-order valence-electron chi connectivity index (χ4n) is 4.01. The van der Waals surface area contributed by atoms with Crippen molar-refractivity contribution in [3.05, 3.63) is 83.0 Å². The lowest BCUT2D eigenvalue weighted by Crippen LogP contribution is -2.32. The van der Waals surface area contributed by atoms with Gasteiger partial charge in [0, 0.05) is 41.3 Å². The second kappa shape index (κ2) is 8.34. The lowest BCUT2D eigenvalue weighted by Gasteiger charge is -2.30. The molecule has 1 aromatic heterocycles. The Balaban J connectivity index is 1.37. The quantitative estimate of drug-likeness (QED) is 0.424. The third-order valence-electron chi connectivity index (χ3n) is 5.62. The molecule has 2 heterocycles. The largest absolute Gasteiger partial charge is 0.350 e. The summed E-state index contributed by atoms with van der Waals surface area (Å²) >= 11 is 6.09. The molecule has 0 bridgehead atoms. The highest BCUT2D eigenvalue weighted by Crippen LogP contribution is 2.25. The van der Waals surface area contributed by atoms with Crippen molar-refractivity contribution in [3.63, 3.8) is 0 Å². The second-order valence-corrected chi connectivity index (χ2v) is 8.07. The van der Waals surface area contributed by atoms with Crippen LogP contribution in [0.5, 0.6) is 0 Å². The molecular formula is C24H25ClN2O. The van der Waals surface area contributed by atoms with Crippen molar-refractivity contribution in [2.24, 2.45) is 13.0 Å². The Labute approximate surface area is 171 Å². The lowest BCUT2D eigenvalue weighted by molar-refractivity contribution is 0.104. The smallest absolute Gasteiger partial charge is 0.187 e. The summed E-state index contributed by atoms with van der Waals surface area (Å²) in [6, 6.07) is 16.3. The van der Waals surface area contributed by atoms with Crippen molar-refractivity contribution in [1.82, 2.24) is 9.47 Å². The van der Waals surface area contributed by atoms with E-state index in [4.69, 9.17) is 11.6 Å². The molecule has 0 atom stereocenters. The van der Waals surface area contributed by atoms with Gasteiger partial charge >= 0.3 is 0 Å². The number of piperidine rings is 1. The van der Waals surface area contributed by atoms with Crippen molar-refractivity contribution in [2.45, 2.75) is 19.4 Å². The minimum atomic E-state index is 0.0691. The first-order valence-electron chi connectivity index (χ1n) is 9.83. The second-order valence-electron chi connectivity index (χ2n) is 7.64. The van der Waals surface area contributed by atoms with Crippen LogP contribution in [0.3, 0.4) is 0 Å². The molecule has 4 heteroatoms. The summed E-state index contributed by atoms with van der Waals surface area (Å²) in [5, 5.41) is 1.64. The van der Waals surface area contributed by atoms with E-state index in [-0.39, 0.29) is 5.78 Å². The molecule has 144 valence electrons. The molecule has 28 heavy (non-hydrogen) atoms. The van der Waals surface area contributed by atoms with E-state index in [1.807, 2.05) is 36.0 Å². The van der Waals surface area contributed by atoms with Gasteiger partial charge in [-0.05, 0) is 55.6 Å². The number of likely N-dealkylation sites (tertiary alicyclic amines) is 1. The van der Waals surface area contributed by atoms with Gasteiger partial charge in [0.2, 0.25) is 0 Å². The Morgan fingerprint density at radius 3 is 2.64 bits per heavy atom. The monoisotopic (exact) mass is 392 g/mol. The van der Waals surface area contributed by atoms with E-state index in [1.54, 1.807) is 6.08 Å². The van der Waals surface area contributed by atoms with Crippen LogP contribution in [0.4, 0.5) is 0 Å². The Bertz CT molecular complexity index is 998. The molecule has 0 aliphatic carbocycles. The molecule has 4 rings (SSSR count). The lowest BCUT2D eigenvalue weighted by atomic mass is 9.95. The van der Waals surface area contributed by atoms with Crippen LogP contribution in [0.2, 0.25) is 5.02 Å². The van der Waals surface area contributed by atoms with Gasteiger partial charge in [-0.25, -0.2) is 0 Å². The third kappa shape index (κ3) is 4.21. The molecule has 1 saturated heterocycles. The number of carbonyl (C=O) groups excluding carboxylic acids is 1. The van der Waals surface area contributed by atoms with Crippen molar-refractivity contribution in [1.29, 1.82) is 0 Å².